The van der Waals surface area contributed by atoms with E-state index in [-0.39, 0.29) is 0 Å². The van der Waals surface area contributed by atoms with Crippen LogP contribution in [0, 0.1) is 18.4 Å². The first-order valence-corrected chi connectivity index (χ1v) is 2.85. The molecule has 0 saturated carbocycles. The second-order valence-electron chi connectivity index (χ2n) is 1.55. The molecule has 43 valence electrons. The Kier molecular flexibility index (Phi) is 5.75. The van der Waals surface area contributed by atoms with E-state index in [2.05, 4.69) is 11.8 Å². The molecule has 0 aliphatic carbocycles. The average molecular weight is 107 g/mol. The van der Waals surface area contributed by atoms with E-state index < -0.39 is 0 Å². The van der Waals surface area contributed by atoms with Crippen LogP contribution in [-0.2, 0) is 0 Å². The maximum Gasteiger partial charge on any atom is 0.00915 e. The van der Waals surface area contributed by atoms with Crippen LogP contribution in [-0.4, -0.2) is 0 Å². The Balaban J connectivity index is 2.89. The Bertz CT molecular complexity index is 101. The molecule has 1 radical (unpaired) electrons. The van der Waals surface area contributed by atoms with Crippen molar-refractivity contribution in [1.82, 2.24) is 0 Å². The summed E-state index contributed by atoms with van der Waals surface area (Å²) in [6.07, 6.45) is 4.73. The predicted octanol–water partition coefficient (Wildman–Crippen LogP) is 2.17. The molecule has 0 unspecified atom stereocenters. The second-order valence-corrected chi connectivity index (χ2v) is 1.55. The van der Waals surface area contributed by atoms with Crippen molar-refractivity contribution in [2.45, 2.75) is 26.2 Å². The zero-order valence-corrected chi connectivity index (χ0v) is 5.28. The van der Waals surface area contributed by atoms with Gasteiger partial charge in [-0.05, 0) is 19.8 Å². The van der Waals surface area contributed by atoms with Crippen molar-refractivity contribution in [2.24, 2.45) is 0 Å². The Morgan fingerprint density at radius 3 is 2.88 bits per heavy atom. The highest BCUT2D eigenvalue weighted by Crippen LogP contribution is 1.92. The fourth-order valence-electron chi connectivity index (χ4n) is 0.433. The van der Waals surface area contributed by atoms with Crippen LogP contribution in [0.1, 0.15) is 26.2 Å². The van der Waals surface area contributed by atoms with Crippen LogP contribution < -0.4 is 0 Å². The van der Waals surface area contributed by atoms with Gasteiger partial charge in [-0.15, -0.1) is 11.8 Å². The predicted molar refractivity (Wildman–Crippen MR) is 36.2 cm³/mol. The molecule has 0 saturated heterocycles. The van der Waals surface area contributed by atoms with E-state index in [1.165, 1.54) is 0 Å². The van der Waals surface area contributed by atoms with Crippen LogP contribution in [0.3, 0.4) is 0 Å². The fourth-order valence-corrected chi connectivity index (χ4v) is 0.433. The minimum atomic E-state index is 0.976. The first-order chi connectivity index (χ1) is 3.91. The lowest BCUT2D eigenvalue weighted by atomic mass is 10.2. The molecule has 8 heavy (non-hydrogen) atoms. The Morgan fingerprint density at radius 2 is 2.38 bits per heavy atom. The van der Waals surface area contributed by atoms with Crippen molar-refractivity contribution in [3.05, 3.63) is 12.7 Å². The summed E-state index contributed by atoms with van der Waals surface area (Å²) in [6.45, 7) is 6.99. The maximum absolute atomic E-state index is 5.14. The molecule has 0 nitrogen and oxygen atoms in total. The highest BCUT2D eigenvalue weighted by Gasteiger charge is 1.75. The Labute approximate surface area is 51.6 Å². The summed E-state index contributed by atoms with van der Waals surface area (Å²) in [6, 6.07) is 0. The lowest BCUT2D eigenvalue weighted by Crippen LogP contribution is -1.66. The molecule has 0 amide bonds. The van der Waals surface area contributed by atoms with Crippen LogP contribution in [0.5, 0.6) is 0 Å². The second kappa shape index (κ2) is 6.30. The van der Waals surface area contributed by atoms with Gasteiger partial charge in [0.25, 0.3) is 0 Å². The zero-order valence-electron chi connectivity index (χ0n) is 5.28. The largest absolute Gasteiger partial charge is 0.107 e. The highest BCUT2D eigenvalue weighted by atomic mass is 13.8. The van der Waals surface area contributed by atoms with Crippen molar-refractivity contribution in [2.75, 3.05) is 0 Å². The van der Waals surface area contributed by atoms with E-state index in [0.29, 0.717) is 0 Å². The van der Waals surface area contributed by atoms with Crippen LogP contribution >= 0.6 is 0 Å². The van der Waals surface area contributed by atoms with Crippen LogP contribution in [0.2, 0.25) is 0 Å². The number of hydrogen-bond acceptors (Lipinski definition) is 0. The summed E-state index contributed by atoms with van der Waals surface area (Å²) in [4.78, 5) is 0. The number of allylic oxidation sites excluding steroid dienone is 1. The fraction of sp³-hybridized carbons (Fsp3) is 0.500. The SMILES string of the molecule is [CH]=CCCCC#CC. The molecule has 0 heterocycles. The summed E-state index contributed by atoms with van der Waals surface area (Å²) >= 11 is 0. The molecular formula is C8H11. The zero-order chi connectivity index (χ0) is 6.24. The van der Waals surface area contributed by atoms with Gasteiger partial charge in [-0.3, -0.25) is 0 Å². The van der Waals surface area contributed by atoms with E-state index in [4.69, 9.17) is 6.58 Å². The summed E-state index contributed by atoms with van der Waals surface area (Å²) in [5.41, 5.74) is 0. The minimum Gasteiger partial charge on any atom is -0.107 e. The van der Waals surface area contributed by atoms with Crippen molar-refractivity contribution in [3.8, 4) is 11.8 Å². The summed E-state index contributed by atoms with van der Waals surface area (Å²) in [7, 11) is 0. The first-order valence-electron chi connectivity index (χ1n) is 2.85. The van der Waals surface area contributed by atoms with Crippen molar-refractivity contribution in [1.29, 1.82) is 0 Å². The van der Waals surface area contributed by atoms with Gasteiger partial charge >= 0.3 is 0 Å². The highest BCUT2D eigenvalue weighted by molar-refractivity contribution is 4.94. The van der Waals surface area contributed by atoms with Gasteiger partial charge in [0.15, 0.2) is 0 Å². The molecule has 0 spiro atoms. The van der Waals surface area contributed by atoms with Crippen LogP contribution in [0.15, 0.2) is 6.08 Å². The van der Waals surface area contributed by atoms with Crippen molar-refractivity contribution >= 4 is 0 Å². The minimum absolute atomic E-state index is 0.976. The van der Waals surface area contributed by atoms with E-state index in [0.717, 1.165) is 19.3 Å². The quantitative estimate of drug-likeness (QED) is 0.383. The van der Waals surface area contributed by atoms with Gasteiger partial charge in [-0.1, -0.05) is 12.7 Å². The lowest BCUT2D eigenvalue weighted by molar-refractivity contribution is 0.885. The Morgan fingerprint density at radius 1 is 1.62 bits per heavy atom. The third-order valence-electron chi connectivity index (χ3n) is 0.849. The average Bonchev–Trinajstić information content (AvgIpc) is 1.81. The molecule has 0 aromatic carbocycles. The maximum atomic E-state index is 5.14. The van der Waals surface area contributed by atoms with E-state index in [1.54, 1.807) is 6.08 Å². The summed E-state index contributed by atoms with van der Waals surface area (Å²) < 4.78 is 0. The van der Waals surface area contributed by atoms with Gasteiger partial charge in [-0.2, -0.15) is 0 Å². The molecule has 0 aliphatic rings. The molecule has 0 atom stereocenters. The third kappa shape index (κ3) is 5.30. The van der Waals surface area contributed by atoms with Crippen LogP contribution in [0.25, 0.3) is 0 Å². The lowest BCUT2D eigenvalue weighted by Gasteiger charge is -1.82. The molecule has 0 aromatic rings. The van der Waals surface area contributed by atoms with E-state index in [9.17, 15) is 0 Å². The number of rotatable bonds is 3. The van der Waals surface area contributed by atoms with Gasteiger partial charge in [0.05, 0.1) is 0 Å². The normalized spacial score (nSPS) is 7.12. The Hall–Kier alpha value is -0.700. The van der Waals surface area contributed by atoms with Crippen LogP contribution in [0.4, 0.5) is 0 Å². The van der Waals surface area contributed by atoms with Crippen molar-refractivity contribution < 1.29 is 0 Å². The summed E-state index contributed by atoms with van der Waals surface area (Å²) in [5.74, 6) is 5.78. The molecule has 0 heteroatoms. The van der Waals surface area contributed by atoms with Gasteiger partial charge in [0.2, 0.25) is 0 Å². The smallest absolute Gasteiger partial charge is 0.00915 e. The monoisotopic (exact) mass is 107 g/mol. The van der Waals surface area contributed by atoms with Gasteiger partial charge < -0.3 is 0 Å². The molecule has 0 aliphatic heterocycles. The number of hydrogen-bond donors (Lipinski definition) is 0. The molecule has 0 rings (SSSR count). The third-order valence-corrected chi connectivity index (χ3v) is 0.849. The van der Waals surface area contributed by atoms with Gasteiger partial charge in [0, 0.05) is 6.42 Å². The molecule has 0 N–H and O–H groups in total. The molecule has 0 aromatic heterocycles. The number of unbranched alkanes of at least 4 members (excludes halogenated alkanes) is 2. The topological polar surface area (TPSA) is 0 Å². The molecular weight excluding hydrogens is 96.1 g/mol. The van der Waals surface area contributed by atoms with Crippen molar-refractivity contribution in [3.63, 3.8) is 0 Å². The van der Waals surface area contributed by atoms with Gasteiger partial charge in [0.1, 0.15) is 0 Å². The summed E-state index contributed by atoms with van der Waals surface area (Å²) in [5, 5.41) is 0. The molecule has 0 fully saturated rings. The molecule has 0 bridgehead atoms. The van der Waals surface area contributed by atoms with E-state index >= 15 is 0 Å². The van der Waals surface area contributed by atoms with E-state index in [1.807, 2.05) is 6.92 Å². The standard InChI is InChI=1S/C8H11/c1-3-5-7-8-6-4-2/h1,3H,5,7-8H2,2H3. The first kappa shape index (κ1) is 7.30. The van der Waals surface area contributed by atoms with Gasteiger partial charge in [-0.25, -0.2) is 0 Å².